The summed E-state index contributed by atoms with van der Waals surface area (Å²) < 4.78 is 0. The van der Waals surface area contributed by atoms with Gasteiger partial charge in [0.2, 0.25) is 0 Å². The smallest absolute Gasteiger partial charge is 0.125 e. The van der Waals surface area contributed by atoms with Crippen LogP contribution in [0.5, 0.6) is 0 Å². The van der Waals surface area contributed by atoms with Crippen LogP contribution in [0.15, 0.2) is 24.3 Å². The molecule has 1 aromatic carbocycles. The lowest BCUT2D eigenvalue weighted by molar-refractivity contribution is 1.12. The number of rotatable bonds is 3. The first-order chi connectivity index (χ1) is 7.72. The van der Waals surface area contributed by atoms with Crippen LogP contribution in [0.3, 0.4) is 0 Å². The molecule has 2 rings (SSSR count). The van der Waals surface area contributed by atoms with Crippen molar-refractivity contribution in [3.05, 3.63) is 39.9 Å². The summed E-state index contributed by atoms with van der Waals surface area (Å²) in [5.41, 5.74) is 2.05. The Bertz CT molecular complexity index is 494. The van der Waals surface area contributed by atoms with Crippen LogP contribution in [0.2, 0.25) is 5.02 Å². The molecule has 0 aliphatic carbocycles. The van der Waals surface area contributed by atoms with Gasteiger partial charge in [-0.2, -0.15) is 0 Å². The lowest BCUT2D eigenvalue weighted by Crippen LogP contribution is -1.84. The van der Waals surface area contributed by atoms with Crippen LogP contribution in [-0.4, -0.2) is 10.9 Å². The van der Waals surface area contributed by atoms with Crippen molar-refractivity contribution in [2.24, 2.45) is 0 Å². The van der Waals surface area contributed by atoms with E-state index in [2.05, 4.69) is 4.98 Å². The van der Waals surface area contributed by atoms with Crippen molar-refractivity contribution in [2.75, 3.05) is 5.88 Å². The van der Waals surface area contributed by atoms with Crippen molar-refractivity contribution in [3.63, 3.8) is 0 Å². The standard InChI is InChI=1S/C12H11Cl2NS/c1-8-11(6-7-13)16-12(15-8)9-4-2-3-5-10(9)14/h2-5H,6-7H2,1H3. The summed E-state index contributed by atoms with van der Waals surface area (Å²) in [6, 6.07) is 7.77. The molecule has 0 unspecified atom stereocenters. The van der Waals surface area contributed by atoms with E-state index in [1.807, 2.05) is 31.2 Å². The summed E-state index contributed by atoms with van der Waals surface area (Å²) in [7, 11) is 0. The fourth-order valence-corrected chi connectivity index (χ4v) is 3.18. The van der Waals surface area contributed by atoms with E-state index in [1.54, 1.807) is 11.3 Å². The first kappa shape index (κ1) is 11.9. The number of halogens is 2. The SMILES string of the molecule is Cc1nc(-c2ccccc2Cl)sc1CCCl. The Balaban J connectivity index is 2.42. The molecule has 0 saturated heterocycles. The lowest BCUT2D eigenvalue weighted by atomic mass is 10.2. The van der Waals surface area contributed by atoms with Gasteiger partial charge in [0, 0.05) is 16.3 Å². The highest BCUT2D eigenvalue weighted by Gasteiger charge is 2.10. The normalized spacial score (nSPS) is 10.7. The molecule has 0 radical (unpaired) electrons. The maximum absolute atomic E-state index is 6.14. The molecule has 0 spiro atoms. The summed E-state index contributed by atoms with van der Waals surface area (Å²) in [6.45, 7) is 2.01. The van der Waals surface area contributed by atoms with Crippen molar-refractivity contribution in [2.45, 2.75) is 13.3 Å². The van der Waals surface area contributed by atoms with E-state index in [1.165, 1.54) is 4.88 Å². The molecule has 0 N–H and O–H groups in total. The minimum Gasteiger partial charge on any atom is -0.241 e. The minimum absolute atomic E-state index is 0.630. The minimum atomic E-state index is 0.630. The van der Waals surface area contributed by atoms with Crippen molar-refractivity contribution in [1.82, 2.24) is 4.98 Å². The number of aryl methyl sites for hydroxylation is 2. The average Bonchev–Trinajstić information content (AvgIpc) is 2.61. The third-order valence-electron chi connectivity index (χ3n) is 2.32. The molecule has 2 aromatic rings. The predicted molar refractivity (Wildman–Crippen MR) is 71.7 cm³/mol. The molecule has 16 heavy (non-hydrogen) atoms. The van der Waals surface area contributed by atoms with Gasteiger partial charge in [-0.3, -0.25) is 0 Å². The zero-order chi connectivity index (χ0) is 11.5. The summed E-state index contributed by atoms with van der Waals surface area (Å²) >= 11 is 13.6. The molecule has 0 saturated carbocycles. The van der Waals surface area contributed by atoms with Crippen LogP contribution in [-0.2, 0) is 6.42 Å². The quantitative estimate of drug-likeness (QED) is 0.747. The van der Waals surface area contributed by atoms with Gasteiger partial charge in [-0.05, 0) is 19.4 Å². The molecule has 84 valence electrons. The molecule has 1 aromatic heterocycles. The molecule has 0 amide bonds. The van der Waals surface area contributed by atoms with Crippen LogP contribution in [0.25, 0.3) is 10.6 Å². The van der Waals surface area contributed by atoms with Crippen molar-refractivity contribution in [1.29, 1.82) is 0 Å². The van der Waals surface area contributed by atoms with Gasteiger partial charge >= 0.3 is 0 Å². The largest absolute Gasteiger partial charge is 0.241 e. The van der Waals surface area contributed by atoms with Gasteiger partial charge in [0.15, 0.2) is 0 Å². The Kier molecular flexibility index (Phi) is 3.85. The number of alkyl halides is 1. The first-order valence-electron chi connectivity index (χ1n) is 4.99. The molecule has 1 heterocycles. The highest BCUT2D eigenvalue weighted by Crippen LogP contribution is 2.32. The molecular weight excluding hydrogens is 261 g/mol. The van der Waals surface area contributed by atoms with Gasteiger partial charge < -0.3 is 0 Å². The van der Waals surface area contributed by atoms with E-state index < -0.39 is 0 Å². The maximum atomic E-state index is 6.14. The number of hydrogen-bond donors (Lipinski definition) is 0. The summed E-state index contributed by atoms with van der Waals surface area (Å²) in [6.07, 6.45) is 0.871. The van der Waals surface area contributed by atoms with Crippen LogP contribution in [0.4, 0.5) is 0 Å². The van der Waals surface area contributed by atoms with Crippen LogP contribution in [0.1, 0.15) is 10.6 Å². The zero-order valence-corrected chi connectivity index (χ0v) is 11.2. The van der Waals surface area contributed by atoms with Gasteiger partial charge in [0.1, 0.15) is 5.01 Å². The molecule has 0 bridgehead atoms. The number of benzene rings is 1. The Morgan fingerprint density at radius 2 is 2.06 bits per heavy atom. The first-order valence-corrected chi connectivity index (χ1v) is 6.72. The lowest BCUT2D eigenvalue weighted by Gasteiger charge is -1.97. The highest BCUT2D eigenvalue weighted by atomic mass is 35.5. The van der Waals surface area contributed by atoms with Gasteiger partial charge in [0.05, 0.1) is 10.7 Å². The van der Waals surface area contributed by atoms with E-state index in [0.29, 0.717) is 5.88 Å². The van der Waals surface area contributed by atoms with E-state index in [4.69, 9.17) is 23.2 Å². The second-order valence-corrected chi connectivity index (χ2v) is 5.32. The third-order valence-corrected chi connectivity index (χ3v) is 4.09. The summed E-state index contributed by atoms with van der Waals surface area (Å²) in [5, 5.41) is 1.72. The van der Waals surface area contributed by atoms with Crippen LogP contribution in [0, 0.1) is 6.92 Å². The average molecular weight is 272 g/mol. The van der Waals surface area contributed by atoms with Crippen molar-refractivity contribution >= 4 is 34.5 Å². The topological polar surface area (TPSA) is 12.9 Å². The Morgan fingerprint density at radius 3 is 2.75 bits per heavy atom. The fraction of sp³-hybridized carbons (Fsp3) is 0.250. The predicted octanol–water partition coefficient (Wildman–Crippen LogP) is 4.55. The van der Waals surface area contributed by atoms with Gasteiger partial charge in [-0.1, -0.05) is 29.8 Å². The van der Waals surface area contributed by atoms with E-state index in [0.717, 1.165) is 27.7 Å². The molecule has 0 atom stereocenters. The van der Waals surface area contributed by atoms with Gasteiger partial charge in [-0.15, -0.1) is 22.9 Å². The van der Waals surface area contributed by atoms with Gasteiger partial charge in [-0.25, -0.2) is 4.98 Å². The molecule has 1 nitrogen and oxygen atoms in total. The van der Waals surface area contributed by atoms with Crippen LogP contribution < -0.4 is 0 Å². The Morgan fingerprint density at radius 1 is 1.31 bits per heavy atom. The Labute approximate surface area is 109 Å². The molecule has 0 fully saturated rings. The van der Waals surface area contributed by atoms with E-state index >= 15 is 0 Å². The number of nitrogens with zero attached hydrogens (tertiary/aromatic N) is 1. The maximum Gasteiger partial charge on any atom is 0.125 e. The third kappa shape index (κ3) is 2.40. The molecule has 0 aliphatic rings. The highest BCUT2D eigenvalue weighted by molar-refractivity contribution is 7.15. The molecule has 4 heteroatoms. The second-order valence-electron chi connectivity index (χ2n) is 3.45. The van der Waals surface area contributed by atoms with Crippen molar-refractivity contribution < 1.29 is 0 Å². The number of hydrogen-bond acceptors (Lipinski definition) is 2. The molecule has 0 aliphatic heterocycles. The zero-order valence-electron chi connectivity index (χ0n) is 8.84. The Hall–Kier alpha value is -0.570. The second kappa shape index (κ2) is 5.17. The van der Waals surface area contributed by atoms with E-state index in [-0.39, 0.29) is 0 Å². The monoisotopic (exact) mass is 271 g/mol. The van der Waals surface area contributed by atoms with Crippen LogP contribution >= 0.6 is 34.5 Å². The summed E-state index contributed by atoms with van der Waals surface area (Å²) in [4.78, 5) is 5.78. The fourth-order valence-electron chi connectivity index (χ4n) is 1.50. The number of aromatic nitrogens is 1. The van der Waals surface area contributed by atoms with E-state index in [9.17, 15) is 0 Å². The van der Waals surface area contributed by atoms with Crippen molar-refractivity contribution in [3.8, 4) is 10.6 Å². The molecular formula is C12H11Cl2NS. The van der Waals surface area contributed by atoms with Gasteiger partial charge in [0.25, 0.3) is 0 Å². The number of thiazole rings is 1. The summed E-state index contributed by atoms with van der Waals surface area (Å²) in [5.74, 6) is 0.630.